The summed E-state index contributed by atoms with van der Waals surface area (Å²) in [5.74, 6) is -0.332. The molecule has 2 amide bonds. The Hall–Kier alpha value is -4.80. The molecule has 0 aliphatic rings. The maximum absolute atomic E-state index is 15.2. The first-order valence-corrected chi connectivity index (χ1v) is 11.9. The quantitative estimate of drug-likeness (QED) is 0.284. The minimum Gasteiger partial charge on any atom is -0.383 e. The van der Waals surface area contributed by atoms with Gasteiger partial charge in [0.05, 0.1) is 23.3 Å². The van der Waals surface area contributed by atoms with Crippen LogP contribution in [0.1, 0.15) is 32.2 Å². The van der Waals surface area contributed by atoms with E-state index in [1.165, 1.54) is 33.5 Å². The second-order valence-corrected chi connectivity index (χ2v) is 9.89. The lowest BCUT2D eigenvalue weighted by molar-refractivity contribution is 0.262. The van der Waals surface area contributed by atoms with Gasteiger partial charge < -0.3 is 11.1 Å². The molecule has 0 saturated heterocycles. The maximum atomic E-state index is 15.2. The van der Waals surface area contributed by atoms with Gasteiger partial charge in [0, 0.05) is 34.4 Å². The van der Waals surface area contributed by atoms with Crippen molar-refractivity contribution in [2.75, 3.05) is 16.4 Å². The van der Waals surface area contributed by atoms with Gasteiger partial charge in [-0.15, -0.1) is 0 Å². The van der Waals surface area contributed by atoms with E-state index in [0.717, 1.165) is 5.69 Å². The largest absolute Gasteiger partial charge is 0.383 e. The summed E-state index contributed by atoms with van der Waals surface area (Å²) in [5.41, 5.74) is 9.26. The minimum absolute atomic E-state index is 0.233. The van der Waals surface area contributed by atoms with Gasteiger partial charge >= 0.3 is 6.03 Å². The fraction of sp³-hybridized carbons (Fsp3) is 0.185. The summed E-state index contributed by atoms with van der Waals surface area (Å²) in [6.07, 6.45) is 1.57. The van der Waals surface area contributed by atoms with Gasteiger partial charge in [-0.25, -0.2) is 23.2 Å². The number of hydrogen-bond donors (Lipinski definition) is 3. The van der Waals surface area contributed by atoms with Crippen molar-refractivity contribution in [3.05, 3.63) is 83.8 Å². The van der Waals surface area contributed by atoms with Crippen molar-refractivity contribution in [2.24, 2.45) is 0 Å². The van der Waals surface area contributed by atoms with Gasteiger partial charge in [0.1, 0.15) is 23.3 Å². The highest BCUT2D eigenvalue weighted by Gasteiger charge is 2.22. The number of benzene rings is 2. The molecule has 9 nitrogen and oxygen atoms in total. The molecular formula is C27H26F2N8O. The normalized spacial score (nSPS) is 11.6. The van der Waals surface area contributed by atoms with Crippen molar-refractivity contribution >= 4 is 29.0 Å². The molecule has 0 saturated carbocycles. The topological polar surface area (TPSA) is 115 Å². The van der Waals surface area contributed by atoms with E-state index in [0.29, 0.717) is 28.4 Å². The molecule has 0 spiro atoms. The smallest absolute Gasteiger partial charge is 0.324 e. The fourth-order valence-corrected chi connectivity index (χ4v) is 4.11. The SMILES string of the molecule is Cc1nc2ccnn2c(N)c1-c1ccc(NC(=O)Nc2cc(C(C)(C)C)nn2-c2ccc(F)cc2)cc1F. The highest BCUT2D eigenvalue weighted by molar-refractivity contribution is 5.99. The summed E-state index contributed by atoms with van der Waals surface area (Å²) in [6, 6.07) is 12.9. The Balaban J connectivity index is 1.41. The number of carbonyl (C=O) groups is 1. The lowest BCUT2D eigenvalue weighted by atomic mass is 9.92. The number of halogens is 2. The average Bonchev–Trinajstić information content (AvgIpc) is 3.48. The zero-order chi connectivity index (χ0) is 27.2. The monoisotopic (exact) mass is 516 g/mol. The van der Waals surface area contributed by atoms with Crippen molar-refractivity contribution in [1.82, 2.24) is 24.4 Å². The number of rotatable bonds is 4. The molecule has 2 aromatic carbocycles. The van der Waals surface area contributed by atoms with E-state index < -0.39 is 11.8 Å². The van der Waals surface area contributed by atoms with Crippen LogP contribution in [0.2, 0.25) is 0 Å². The van der Waals surface area contributed by atoms with Crippen LogP contribution in [0.15, 0.2) is 60.8 Å². The highest BCUT2D eigenvalue weighted by atomic mass is 19.1. The van der Waals surface area contributed by atoms with E-state index in [1.54, 1.807) is 43.5 Å². The number of carbonyl (C=O) groups excluding carboxylic acids is 1. The molecule has 0 aliphatic carbocycles. The first kappa shape index (κ1) is 24.9. The molecule has 5 aromatic rings. The number of nitrogens with two attached hydrogens (primary N) is 1. The van der Waals surface area contributed by atoms with Crippen molar-refractivity contribution in [3.63, 3.8) is 0 Å². The summed E-state index contributed by atoms with van der Waals surface area (Å²) < 4.78 is 31.6. The Labute approximate surface area is 217 Å². The van der Waals surface area contributed by atoms with Gasteiger partial charge in [0.15, 0.2) is 5.65 Å². The Morgan fingerprint density at radius 2 is 1.74 bits per heavy atom. The van der Waals surface area contributed by atoms with Crippen molar-refractivity contribution in [2.45, 2.75) is 33.1 Å². The fourth-order valence-electron chi connectivity index (χ4n) is 4.11. The predicted octanol–water partition coefficient (Wildman–Crippen LogP) is 5.69. The number of aryl methyl sites for hydroxylation is 1. The van der Waals surface area contributed by atoms with Crippen LogP contribution >= 0.6 is 0 Å². The summed E-state index contributed by atoms with van der Waals surface area (Å²) in [5, 5.41) is 14.1. The molecule has 0 fully saturated rings. The zero-order valence-corrected chi connectivity index (χ0v) is 21.3. The number of nitrogen functional groups attached to an aromatic ring is 1. The van der Waals surface area contributed by atoms with Crippen LogP contribution in [-0.4, -0.2) is 30.4 Å². The van der Waals surface area contributed by atoms with Crippen LogP contribution < -0.4 is 16.4 Å². The second kappa shape index (κ2) is 9.25. The lowest BCUT2D eigenvalue weighted by Gasteiger charge is -2.14. The molecule has 38 heavy (non-hydrogen) atoms. The molecule has 4 N–H and O–H groups in total. The number of hydrogen-bond acceptors (Lipinski definition) is 5. The summed E-state index contributed by atoms with van der Waals surface area (Å²) in [7, 11) is 0. The number of urea groups is 1. The van der Waals surface area contributed by atoms with Crippen LogP contribution in [0.3, 0.4) is 0 Å². The van der Waals surface area contributed by atoms with E-state index in [4.69, 9.17) is 5.73 Å². The van der Waals surface area contributed by atoms with Crippen LogP contribution in [0.25, 0.3) is 22.5 Å². The molecule has 0 unspecified atom stereocenters. The lowest BCUT2D eigenvalue weighted by Crippen LogP contribution is -2.21. The Bertz CT molecular complexity index is 1670. The standard InChI is InChI=1S/C27H26F2N8O/c1-15-24(25(30)37-22(32-15)11-12-31-37)19-10-7-17(13-20(19)29)33-26(38)34-23-14-21(27(2,3)4)35-36(23)18-8-5-16(28)6-9-18/h5-14H,30H2,1-4H3,(H2,33,34,38). The second-order valence-electron chi connectivity index (χ2n) is 9.89. The van der Waals surface area contributed by atoms with Gasteiger partial charge in [-0.05, 0) is 49.4 Å². The van der Waals surface area contributed by atoms with E-state index >= 15 is 4.39 Å². The third-order valence-corrected chi connectivity index (χ3v) is 6.04. The van der Waals surface area contributed by atoms with Crippen LogP contribution in [0.5, 0.6) is 0 Å². The predicted molar refractivity (Wildman–Crippen MR) is 142 cm³/mol. The zero-order valence-electron chi connectivity index (χ0n) is 21.3. The minimum atomic E-state index is -0.601. The molecule has 3 aromatic heterocycles. The maximum Gasteiger partial charge on any atom is 0.324 e. The Kier molecular flexibility index (Phi) is 6.06. The number of nitrogens with zero attached hydrogens (tertiary/aromatic N) is 5. The van der Waals surface area contributed by atoms with E-state index in [-0.39, 0.29) is 28.3 Å². The van der Waals surface area contributed by atoms with Crippen LogP contribution in [0, 0.1) is 18.6 Å². The van der Waals surface area contributed by atoms with Crippen molar-refractivity contribution in [1.29, 1.82) is 0 Å². The third kappa shape index (κ3) is 4.65. The Morgan fingerprint density at radius 1 is 1.00 bits per heavy atom. The van der Waals surface area contributed by atoms with Gasteiger partial charge in [-0.3, -0.25) is 5.32 Å². The van der Waals surface area contributed by atoms with E-state index in [1.807, 2.05) is 20.8 Å². The van der Waals surface area contributed by atoms with Crippen LogP contribution in [0.4, 0.5) is 30.9 Å². The molecule has 3 heterocycles. The molecule has 0 aliphatic heterocycles. The molecule has 0 bridgehead atoms. The Morgan fingerprint density at radius 3 is 2.42 bits per heavy atom. The van der Waals surface area contributed by atoms with Gasteiger partial charge in [-0.1, -0.05) is 20.8 Å². The molecule has 0 atom stereocenters. The highest BCUT2D eigenvalue weighted by Crippen LogP contribution is 2.32. The molecule has 11 heteroatoms. The summed E-state index contributed by atoms with van der Waals surface area (Å²) in [6.45, 7) is 7.72. The van der Waals surface area contributed by atoms with Crippen molar-refractivity contribution < 1.29 is 13.6 Å². The molecule has 5 rings (SSSR count). The third-order valence-electron chi connectivity index (χ3n) is 6.04. The van der Waals surface area contributed by atoms with Crippen molar-refractivity contribution in [3.8, 4) is 16.8 Å². The number of amides is 2. The molecule has 0 radical (unpaired) electrons. The number of fused-ring (bicyclic) bond motifs is 1. The average molecular weight is 517 g/mol. The first-order chi connectivity index (χ1) is 18.0. The molecular weight excluding hydrogens is 490 g/mol. The van der Waals surface area contributed by atoms with E-state index in [9.17, 15) is 9.18 Å². The van der Waals surface area contributed by atoms with Gasteiger partial charge in [-0.2, -0.15) is 14.7 Å². The first-order valence-electron chi connectivity index (χ1n) is 11.9. The number of aromatic nitrogens is 5. The number of anilines is 3. The molecule has 194 valence electrons. The van der Waals surface area contributed by atoms with Gasteiger partial charge in [0.25, 0.3) is 0 Å². The summed E-state index contributed by atoms with van der Waals surface area (Å²) >= 11 is 0. The number of nitrogens with one attached hydrogen (secondary N) is 2. The summed E-state index contributed by atoms with van der Waals surface area (Å²) in [4.78, 5) is 17.3. The van der Waals surface area contributed by atoms with E-state index in [2.05, 4.69) is 25.8 Å². The van der Waals surface area contributed by atoms with Crippen LogP contribution in [-0.2, 0) is 5.41 Å². The van der Waals surface area contributed by atoms with Gasteiger partial charge in [0.2, 0.25) is 0 Å².